The van der Waals surface area contributed by atoms with Crippen molar-refractivity contribution >= 4 is 34.7 Å². The molecule has 1 atom stereocenters. The molecular weight excluding hydrogens is 288 g/mol. The zero-order valence-electron chi connectivity index (χ0n) is 9.71. The number of anilines is 1. The van der Waals surface area contributed by atoms with Crippen LogP contribution in [0.4, 0.5) is 5.82 Å². The minimum absolute atomic E-state index is 0.0812. The minimum Gasteiger partial charge on any atom is -0.387 e. The van der Waals surface area contributed by atoms with Crippen molar-refractivity contribution < 1.29 is 9.90 Å². The molecule has 0 aromatic carbocycles. The third-order valence-corrected chi connectivity index (χ3v) is 3.31. The van der Waals surface area contributed by atoms with Gasteiger partial charge in [0.15, 0.2) is 11.0 Å². The number of aromatic nitrogens is 2. The average Bonchev–Trinajstić information content (AvgIpc) is 2.90. The summed E-state index contributed by atoms with van der Waals surface area (Å²) in [6.07, 6.45) is -0.704. The lowest BCUT2D eigenvalue weighted by atomic mass is 10.2. The summed E-state index contributed by atoms with van der Waals surface area (Å²) in [6, 6.07) is 3.15. The number of aliphatic hydroxyl groups excluding tert-OH is 1. The van der Waals surface area contributed by atoms with Gasteiger partial charge in [0.1, 0.15) is 0 Å². The van der Waals surface area contributed by atoms with Crippen LogP contribution in [-0.4, -0.2) is 27.8 Å². The van der Waals surface area contributed by atoms with E-state index in [-0.39, 0.29) is 23.1 Å². The summed E-state index contributed by atoms with van der Waals surface area (Å²) < 4.78 is 0. The normalized spacial score (nSPS) is 12.1. The third kappa shape index (κ3) is 3.40. The summed E-state index contributed by atoms with van der Waals surface area (Å²) in [7, 11) is 0. The largest absolute Gasteiger partial charge is 0.387 e. The molecule has 0 bridgehead atoms. The summed E-state index contributed by atoms with van der Waals surface area (Å²) in [5.74, 6) is -0.462. The van der Waals surface area contributed by atoms with Gasteiger partial charge in [0, 0.05) is 6.54 Å². The fraction of sp³-hybridized carbons (Fsp3) is 0.182. The molecule has 0 spiro atoms. The Morgan fingerprint density at radius 1 is 1.58 bits per heavy atom. The Kier molecular flexibility index (Phi) is 4.31. The summed E-state index contributed by atoms with van der Waals surface area (Å²) in [4.78, 5) is 11.2. The van der Waals surface area contributed by atoms with Crippen molar-refractivity contribution in [2.45, 2.75) is 6.10 Å². The number of primary amides is 1. The molecule has 4 N–H and O–H groups in total. The first-order chi connectivity index (χ1) is 9.08. The number of nitrogens with two attached hydrogens (primary N) is 1. The fourth-order valence-electron chi connectivity index (χ4n) is 1.46. The second-order valence-electron chi connectivity index (χ2n) is 3.75. The first-order valence-corrected chi connectivity index (χ1v) is 6.67. The monoisotopic (exact) mass is 298 g/mol. The lowest BCUT2D eigenvalue weighted by Gasteiger charge is -2.12. The second kappa shape index (κ2) is 5.96. The van der Waals surface area contributed by atoms with Crippen LogP contribution in [-0.2, 0) is 0 Å². The van der Waals surface area contributed by atoms with E-state index in [1.54, 1.807) is 0 Å². The van der Waals surface area contributed by atoms with Gasteiger partial charge in [-0.15, -0.1) is 10.2 Å². The Morgan fingerprint density at radius 2 is 2.37 bits per heavy atom. The smallest absolute Gasteiger partial charge is 0.252 e. The van der Waals surface area contributed by atoms with Crippen LogP contribution in [0.2, 0.25) is 5.15 Å². The highest BCUT2D eigenvalue weighted by Gasteiger charge is 2.14. The molecule has 0 aliphatic rings. The van der Waals surface area contributed by atoms with E-state index < -0.39 is 12.0 Å². The number of hydrogen-bond donors (Lipinski definition) is 3. The number of amides is 1. The molecule has 8 heteroatoms. The number of rotatable bonds is 5. The predicted molar refractivity (Wildman–Crippen MR) is 73.3 cm³/mol. The van der Waals surface area contributed by atoms with Gasteiger partial charge in [0.05, 0.1) is 11.7 Å². The molecular formula is C11H11ClN4O2S. The number of aliphatic hydroxyl groups is 1. The van der Waals surface area contributed by atoms with E-state index in [0.717, 1.165) is 5.56 Å². The number of nitrogens with one attached hydrogen (secondary N) is 1. The Hall–Kier alpha value is -1.70. The highest BCUT2D eigenvalue weighted by Crippen LogP contribution is 2.19. The average molecular weight is 299 g/mol. The molecule has 2 rings (SSSR count). The van der Waals surface area contributed by atoms with E-state index in [2.05, 4.69) is 15.5 Å². The van der Waals surface area contributed by atoms with Crippen molar-refractivity contribution in [3.05, 3.63) is 39.2 Å². The molecule has 0 radical (unpaired) electrons. The van der Waals surface area contributed by atoms with Gasteiger partial charge in [-0.2, -0.15) is 11.3 Å². The van der Waals surface area contributed by atoms with Gasteiger partial charge in [-0.3, -0.25) is 4.79 Å². The topological polar surface area (TPSA) is 101 Å². The quantitative estimate of drug-likeness (QED) is 0.775. The van der Waals surface area contributed by atoms with Gasteiger partial charge in [-0.05, 0) is 28.5 Å². The molecule has 1 amide bonds. The molecule has 0 aliphatic heterocycles. The zero-order chi connectivity index (χ0) is 13.8. The minimum atomic E-state index is -0.704. The standard InChI is InChI=1S/C11H11ClN4O2S/c12-9-3-7(10(13)18)11(16-15-9)14-4-8(17)6-1-2-19-5-6/h1-3,5,8,17H,4H2,(H2,13,18)(H,14,16). The van der Waals surface area contributed by atoms with Crippen LogP contribution >= 0.6 is 22.9 Å². The van der Waals surface area contributed by atoms with Crippen LogP contribution in [0.15, 0.2) is 22.9 Å². The highest BCUT2D eigenvalue weighted by molar-refractivity contribution is 7.07. The first-order valence-electron chi connectivity index (χ1n) is 5.35. The van der Waals surface area contributed by atoms with Crippen molar-refractivity contribution in [3.8, 4) is 0 Å². The van der Waals surface area contributed by atoms with Gasteiger partial charge in [-0.25, -0.2) is 0 Å². The fourth-order valence-corrected chi connectivity index (χ4v) is 2.32. The van der Waals surface area contributed by atoms with E-state index >= 15 is 0 Å². The van der Waals surface area contributed by atoms with Crippen molar-refractivity contribution in [2.75, 3.05) is 11.9 Å². The van der Waals surface area contributed by atoms with Gasteiger partial charge < -0.3 is 16.2 Å². The van der Waals surface area contributed by atoms with Gasteiger partial charge in [0.25, 0.3) is 5.91 Å². The van der Waals surface area contributed by atoms with E-state index in [1.807, 2.05) is 16.8 Å². The second-order valence-corrected chi connectivity index (χ2v) is 4.91. The van der Waals surface area contributed by atoms with Crippen molar-refractivity contribution in [1.82, 2.24) is 10.2 Å². The molecule has 0 saturated heterocycles. The van der Waals surface area contributed by atoms with E-state index in [9.17, 15) is 9.90 Å². The molecule has 2 heterocycles. The maximum absolute atomic E-state index is 11.2. The van der Waals surface area contributed by atoms with Crippen LogP contribution in [0.1, 0.15) is 22.0 Å². The third-order valence-electron chi connectivity index (χ3n) is 2.42. The number of carbonyl (C=O) groups is 1. The maximum Gasteiger partial charge on any atom is 0.252 e. The number of halogens is 1. The number of hydrogen-bond acceptors (Lipinski definition) is 6. The molecule has 2 aromatic heterocycles. The van der Waals surface area contributed by atoms with Crippen molar-refractivity contribution in [2.24, 2.45) is 5.73 Å². The van der Waals surface area contributed by atoms with Crippen LogP contribution in [0, 0.1) is 0 Å². The maximum atomic E-state index is 11.2. The van der Waals surface area contributed by atoms with Gasteiger partial charge in [-0.1, -0.05) is 11.6 Å². The molecule has 0 saturated carbocycles. The Labute approximate surface area is 118 Å². The summed E-state index contributed by atoms with van der Waals surface area (Å²) in [6.45, 7) is 0.188. The molecule has 0 aliphatic carbocycles. The Bertz CT molecular complexity index is 576. The molecule has 19 heavy (non-hydrogen) atoms. The van der Waals surface area contributed by atoms with Crippen LogP contribution in [0.5, 0.6) is 0 Å². The molecule has 6 nitrogen and oxygen atoms in total. The summed E-state index contributed by atoms with van der Waals surface area (Å²) >= 11 is 7.14. The van der Waals surface area contributed by atoms with E-state index in [0.29, 0.717) is 0 Å². The molecule has 0 fully saturated rings. The molecule has 1 unspecified atom stereocenters. The first kappa shape index (κ1) is 13.7. The Morgan fingerprint density at radius 3 is 3.00 bits per heavy atom. The lowest BCUT2D eigenvalue weighted by Crippen LogP contribution is -2.19. The highest BCUT2D eigenvalue weighted by atomic mass is 35.5. The van der Waals surface area contributed by atoms with Crippen molar-refractivity contribution in [3.63, 3.8) is 0 Å². The van der Waals surface area contributed by atoms with Crippen molar-refractivity contribution in [1.29, 1.82) is 0 Å². The van der Waals surface area contributed by atoms with Crippen LogP contribution < -0.4 is 11.1 Å². The van der Waals surface area contributed by atoms with Crippen LogP contribution in [0.3, 0.4) is 0 Å². The summed E-state index contributed by atoms with van der Waals surface area (Å²) in [5.41, 5.74) is 6.15. The van der Waals surface area contributed by atoms with Crippen LogP contribution in [0.25, 0.3) is 0 Å². The summed E-state index contributed by atoms with van der Waals surface area (Å²) in [5, 5.41) is 23.9. The lowest BCUT2D eigenvalue weighted by molar-refractivity contribution is 0.100. The number of carbonyl (C=O) groups excluding carboxylic acids is 1. The molecule has 100 valence electrons. The molecule has 2 aromatic rings. The van der Waals surface area contributed by atoms with Gasteiger partial charge in [0.2, 0.25) is 0 Å². The SMILES string of the molecule is NC(=O)c1cc(Cl)nnc1NCC(O)c1ccsc1. The van der Waals surface area contributed by atoms with E-state index in [1.165, 1.54) is 17.4 Å². The Balaban J connectivity index is 2.09. The van der Waals surface area contributed by atoms with E-state index in [4.69, 9.17) is 17.3 Å². The number of thiophene rings is 1. The predicted octanol–water partition coefficient (Wildman–Crippen LogP) is 1.44. The van der Waals surface area contributed by atoms with Gasteiger partial charge >= 0.3 is 0 Å². The zero-order valence-corrected chi connectivity index (χ0v) is 11.3. The number of nitrogens with zero attached hydrogens (tertiary/aromatic N) is 2.